The molecule has 1 aromatic carbocycles. The highest BCUT2D eigenvalue weighted by atomic mass is 19.3. The van der Waals surface area contributed by atoms with Crippen LogP contribution in [0.3, 0.4) is 0 Å². The molecule has 1 saturated carbocycles. The standard InChI is InChI=1S/C33H37F2N7O4/c1-32(2,3)46-31(44)41-14-22-21(29-39-38-27-13-19-12-25(19)42(27)29)4-6-23(28(22)30(41)43)36-26-7-5-20(18-8-11-45-16-18)24(37-26)15-40-10-9-33(34,35)17-40/h4-7,18-19,25H,8-17H2,1-3H3,(H,36,37). The van der Waals surface area contributed by atoms with Gasteiger partial charge < -0.3 is 19.4 Å². The smallest absolute Gasteiger partial charge is 0.417 e. The van der Waals surface area contributed by atoms with E-state index in [0.29, 0.717) is 72.4 Å². The average Bonchev–Trinajstić information content (AvgIpc) is 3.54. The molecule has 13 heteroatoms. The van der Waals surface area contributed by atoms with Crippen LogP contribution in [0.15, 0.2) is 24.3 Å². The Hall–Kier alpha value is -3.97. The zero-order chi connectivity index (χ0) is 32.0. The fourth-order valence-electron chi connectivity index (χ4n) is 7.35. The number of fused-ring (bicyclic) bond motifs is 4. The summed E-state index contributed by atoms with van der Waals surface area (Å²) in [5.74, 6) is -0.329. The number of hydrogen-bond donors (Lipinski definition) is 1. The van der Waals surface area contributed by atoms with Crippen LogP contribution >= 0.6 is 0 Å². The first kappa shape index (κ1) is 29.4. The highest BCUT2D eigenvalue weighted by molar-refractivity contribution is 6.11. The quantitative estimate of drug-likeness (QED) is 0.379. The van der Waals surface area contributed by atoms with E-state index in [1.54, 1.807) is 25.7 Å². The third-order valence-corrected chi connectivity index (χ3v) is 9.63. The SMILES string of the molecule is CC(C)(C)OC(=O)N1Cc2c(-c3nnc4n3C3CC3C4)ccc(Nc3ccc(C4CCOC4)c(CN4CCC(F)(F)C4)n3)c2C1=O. The van der Waals surface area contributed by atoms with Crippen molar-refractivity contribution in [2.45, 2.75) is 83.0 Å². The number of aromatic nitrogens is 4. The fourth-order valence-corrected chi connectivity index (χ4v) is 7.35. The second kappa shape index (κ2) is 10.5. The van der Waals surface area contributed by atoms with Crippen LogP contribution in [0, 0.1) is 5.92 Å². The highest BCUT2D eigenvalue weighted by Crippen LogP contribution is 2.53. The number of carbonyl (C=O) groups is 2. The largest absolute Gasteiger partial charge is 0.443 e. The molecule has 3 aromatic rings. The maximum atomic E-state index is 14.1. The van der Waals surface area contributed by atoms with E-state index < -0.39 is 23.5 Å². The van der Waals surface area contributed by atoms with Crippen LogP contribution < -0.4 is 5.32 Å². The molecule has 2 amide bonds. The van der Waals surface area contributed by atoms with Gasteiger partial charge in [-0.2, -0.15) is 0 Å². The number of alkyl halides is 2. The molecular weight excluding hydrogens is 596 g/mol. The Morgan fingerprint density at radius 1 is 1.20 bits per heavy atom. The van der Waals surface area contributed by atoms with Crippen LogP contribution in [-0.4, -0.2) is 79.4 Å². The van der Waals surface area contributed by atoms with E-state index in [0.717, 1.165) is 41.1 Å². The molecular formula is C33H37F2N7O4. The fraction of sp³-hybridized carbons (Fsp3) is 0.545. The number of carbonyl (C=O) groups excluding carboxylic acids is 2. The van der Waals surface area contributed by atoms with Crippen molar-refractivity contribution in [1.29, 1.82) is 0 Å². The van der Waals surface area contributed by atoms with Gasteiger partial charge in [-0.25, -0.2) is 23.5 Å². The van der Waals surface area contributed by atoms with Crippen molar-refractivity contribution in [3.05, 3.63) is 52.5 Å². The lowest BCUT2D eigenvalue weighted by Gasteiger charge is -2.23. The molecule has 4 aliphatic heterocycles. The number of hydrogen-bond acceptors (Lipinski definition) is 9. The second-order valence-corrected chi connectivity index (χ2v) is 14.2. The molecule has 2 aromatic heterocycles. The van der Waals surface area contributed by atoms with Gasteiger partial charge in [0, 0.05) is 50.1 Å². The van der Waals surface area contributed by atoms with Crippen molar-refractivity contribution in [2.75, 3.05) is 31.6 Å². The molecule has 3 unspecified atom stereocenters. The van der Waals surface area contributed by atoms with E-state index >= 15 is 0 Å². The number of pyridine rings is 1. The number of benzene rings is 1. The lowest BCUT2D eigenvalue weighted by Crippen LogP contribution is -2.37. The Kier molecular flexibility index (Phi) is 6.74. The molecule has 0 radical (unpaired) electrons. The van der Waals surface area contributed by atoms with Gasteiger partial charge in [0.1, 0.15) is 17.2 Å². The van der Waals surface area contributed by atoms with Crippen LogP contribution in [-0.2, 0) is 29.0 Å². The molecule has 0 bridgehead atoms. The van der Waals surface area contributed by atoms with Gasteiger partial charge >= 0.3 is 6.09 Å². The molecule has 46 heavy (non-hydrogen) atoms. The third-order valence-electron chi connectivity index (χ3n) is 9.63. The lowest BCUT2D eigenvalue weighted by atomic mass is 9.96. The summed E-state index contributed by atoms with van der Waals surface area (Å²) in [5, 5.41) is 12.3. The molecule has 8 rings (SSSR count). The minimum absolute atomic E-state index is 0.0344. The zero-order valence-corrected chi connectivity index (χ0v) is 26.2. The van der Waals surface area contributed by atoms with E-state index in [-0.39, 0.29) is 25.4 Å². The van der Waals surface area contributed by atoms with Gasteiger partial charge in [-0.05, 0) is 68.9 Å². The van der Waals surface area contributed by atoms with Crippen LogP contribution in [0.2, 0.25) is 0 Å². The summed E-state index contributed by atoms with van der Waals surface area (Å²) in [6, 6.07) is 7.92. The Bertz CT molecular complexity index is 1750. The lowest BCUT2D eigenvalue weighted by molar-refractivity contribution is 0.0113. The maximum absolute atomic E-state index is 14.1. The maximum Gasteiger partial charge on any atom is 0.417 e. The normalized spacial score (nSPS) is 24.7. The van der Waals surface area contributed by atoms with Gasteiger partial charge in [0.2, 0.25) is 0 Å². The number of likely N-dealkylation sites (tertiary alicyclic amines) is 1. The average molecular weight is 634 g/mol. The molecule has 6 heterocycles. The molecule has 1 aliphatic carbocycles. The predicted octanol–water partition coefficient (Wildman–Crippen LogP) is 5.44. The van der Waals surface area contributed by atoms with E-state index in [2.05, 4.69) is 20.1 Å². The number of amides is 2. The van der Waals surface area contributed by atoms with Crippen LogP contribution in [0.25, 0.3) is 11.4 Å². The van der Waals surface area contributed by atoms with E-state index in [1.807, 2.05) is 24.3 Å². The number of rotatable bonds is 6. The minimum Gasteiger partial charge on any atom is -0.443 e. The molecule has 2 saturated heterocycles. The zero-order valence-electron chi connectivity index (χ0n) is 26.2. The highest BCUT2D eigenvalue weighted by Gasteiger charge is 2.49. The Labute approximate surface area is 265 Å². The first-order valence-electron chi connectivity index (χ1n) is 16.0. The summed E-state index contributed by atoms with van der Waals surface area (Å²) in [4.78, 5) is 35.0. The Morgan fingerprint density at radius 3 is 2.78 bits per heavy atom. The van der Waals surface area contributed by atoms with E-state index in [1.165, 1.54) is 0 Å². The van der Waals surface area contributed by atoms with Gasteiger partial charge in [0.05, 0.1) is 36.6 Å². The van der Waals surface area contributed by atoms with Gasteiger partial charge in [-0.3, -0.25) is 9.69 Å². The van der Waals surface area contributed by atoms with Crippen molar-refractivity contribution in [2.24, 2.45) is 5.92 Å². The van der Waals surface area contributed by atoms with E-state index in [9.17, 15) is 18.4 Å². The number of nitrogens with one attached hydrogen (secondary N) is 1. The number of imide groups is 1. The Balaban J connectivity index is 1.16. The summed E-state index contributed by atoms with van der Waals surface area (Å²) >= 11 is 0. The molecule has 1 N–H and O–H groups in total. The van der Waals surface area contributed by atoms with Crippen molar-refractivity contribution in [3.8, 4) is 11.4 Å². The Morgan fingerprint density at radius 2 is 2.04 bits per heavy atom. The summed E-state index contributed by atoms with van der Waals surface area (Å²) in [5.41, 5.74) is 3.18. The van der Waals surface area contributed by atoms with Crippen LogP contribution in [0.5, 0.6) is 0 Å². The van der Waals surface area contributed by atoms with E-state index in [4.69, 9.17) is 14.5 Å². The van der Waals surface area contributed by atoms with Crippen molar-refractivity contribution in [3.63, 3.8) is 0 Å². The van der Waals surface area contributed by atoms with Gasteiger partial charge in [0.15, 0.2) is 5.82 Å². The van der Waals surface area contributed by atoms with Gasteiger partial charge in [0.25, 0.3) is 11.8 Å². The first-order valence-corrected chi connectivity index (χ1v) is 16.0. The summed E-state index contributed by atoms with van der Waals surface area (Å²) in [7, 11) is 0. The molecule has 3 fully saturated rings. The van der Waals surface area contributed by atoms with Crippen molar-refractivity contribution >= 4 is 23.5 Å². The van der Waals surface area contributed by atoms with Gasteiger partial charge in [-0.15, -0.1) is 10.2 Å². The van der Waals surface area contributed by atoms with Crippen LogP contribution in [0.4, 0.5) is 25.1 Å². The molecule has 11 nitrogen and oxygen atoms in total. The minimum atomic E-state index is -2.71. The number of anilines is 2. The number of halogens is 2. The monoisotopic (exact) mass is 633 g/mol. The predicted molar refractivity (Wildman–Crippen MR) is 163 cm³/mol. The van der Waals surface area contributed by atoms with Crippen molar-refractivity contribution < 1.29 is 27.8 Å². The number of nitrogens with zero attached hydrogens (tertiary/aromatic N) is 6. The molecule has 5 aliphatic rings. The summed E-state index contributed by atoms with van der Waals surface area (Å²) in [6.07, 6.45) is 1.95. The topological polar surface area (TPSA) is 115 Å². The summed E-state index contributed by atoms with van der Waals surface area (Å²) in [6.45, 7) is 6.82. The molecule has 0 spiro atoms. The molecule has 3 atom stereocenters. The first-order chi connectivity index (χ1) is 21.9. The van der Waals surface area contributed by atoms with Gasteiger partial charge in [-0.1, -0.05) is 6.07 Å². The summed E-state index contributed by atoms with van der Waals surface area (Å²) < 4.78 is 41.5. The van der Waals surface area contributed by atoms with Crippen molar-refractivity contribution in [1.82, 2.24) is 29.5 Å². The number of ether oxygens (including phenoxy) is 2. The molecule has 242 valence electrons. The van der Waals surface area contributed by atoms with Crippen LogP contribution in [0.1, 0.15) is 85.0 Å². The third kappa shape index (κ3) is 5.23. The second-order valence-electron chi connectivity index (χ2n) is 14.2.